The second-order valence-corrected chi connectivity index (χ2v) is 8.29. The lowest BCUT2D eigenvalue weighted by Crippen LogP contribution is -2.01. The quantitative estimate of drug-likeness (QED) is 0.311. The first-order valence-electron chi connectivity index (χ1n) is 11.1. The van der Waals surface area contributed by atoms with Crippen molar-refractivity contribution >= 4 is 27.5 Å². The van der Waals surface area contributed by atoms with Crippen LogP contribution in [0.2, 0.25) is 0 Å². The summed E-state index contributed by atoms with van der Waals surface area (Å²) in [6.07, 6.45) is 8.71. The maximum Gasteiger partial charge on any atom is 0.160 e. The van der Waals surface area contributed by atoms with E-state index in [1.165, 1.54) is 5.56 Å². The number of nitrogens with zero attached hydrogens (tertiary/aromatic N) is 3. The van der Waals surface area contributed by atoms with Crippen molar-refractivity contribution in [1.82, 2.24) is 14.5 Å². The number of allylic oxidation sites excluding steroid dienone is 4. The van der Waals surface area contributed by atoms with E-state index in [0.717, 1.165) is 63.1 Å². The molecule has 2 aromatic heterocycles. The van der Waals surface area contributed by atoms with Gasteiger partial charge in [-0.1, -0.05) is 78.4 Å². The molecular weight excluding hydrogens is 390 g/mol. The van der Waals surface area contributed by atoms with Gasteiger partial charge in [0.25, 0.3) is 0 Å². The summed E-state index contributed by atoms with van der Waals surface area (Å²) in [5, 5.41) is 1.16. The average molecular weight is 414 g/mol. The second kappa shape index (κ2) is 7.61. The van der Waals surface area contributed by atoms with Crippen LogP contribution in [0.4, 0.5) is 0 Å². The van der Waals surface area contributed by atoms with Crippen LogP contribution in [-0.4, -0.2) is 14.5 Å². The molecule has 5 aromatic rings. The van der Waals surface area contributed by atoms with Crippen LogP contribution in [0.3, 0.4) is 0 Å². The molecule has 0 radical (unpaired) electrons. The molecule has 0 saturated heterocycles. The van der Waals surface area contributed by atoms with Crippen LogP contribution in [0.1, 0.15) is 24.2 Å². The van der Waals surface area contributed by atoms with E-state index in [4.69, 9.17) is 9.97 Å². The van der Waals surface area contributed by atoms with Gasteiger partial charge in [0.15, 0.2) is 5.82 Å². The fourth-order valence-electron chi connectivity index (χ4n) is 4.56. The molecule has 3 nitrogen and oxygen atoms in total. The van der Waals surface area contributed by atoms with Gasteiger partial charge < -0.3 is 4.57 Å². The Kier molecular flexibility index (Phi) is 4.46. The molecule has 0 fully saturated rings. The van der Waals surface area contributed by atoms with Gasteiger partial charge in [0.2, 0.25) is 0 Å². The Hall–Kier alpha value is -3.98. The first-order chi connectivity index (χ1) is 15.8. The third kappa shape index (κ3) is 3.05. The Morgan fingerprint density at radius 2 is 1.59 bits per heavy atom. The molecule has 0 spiro atoms. The molecule has 154 valence electrons. The summed E-state index contributed by atoms with van der Waals surface area (Å²) < 4.78 is 2.31. The number of aryl methyl sites for hydroxylation is 1. The summed E-state index contributed by atoms with van der Waals surface area (Å²) in [7, 11) is 0. The van der Waals surface area contributed by atoms with Crippen LogP contribution in [0, 0.1) is 6.92 Å². The lowest BCUT2D eigenvalue weighted by atomic mass is 10.1. The molecule has 3 aromatic carbocycles. The van der Waals surface area contributed by atoms with E-state index >= 15 is 0 Å². The van der Waals surface area contributed by atoms with Crippen molar-refractivity contribution in [1.29, 1.82) is 0 Å². The largest absolute Gasteiger partial charge is 0.306 e. The molecular formula is C29H23N3. The molecule has 0 bridgehead atoms. The Morgan fingerprint density at radius 3 is 2.34 bits per heavy atom. The second-order valence-electron chi connectivity index (χ2n) is 8.29. The molecule has 32 heavy (non-hydrogen) atoms. The van der Waals surface area contributed by atoms with E-state index < -0.39 is 0 Å². The van der Waals surface area contributed by atoms with Crippen molar-refractivity contribution in [3.8, 4) is 16.9 Å². The van der Waals surface area contributed by atoms with E-state index in [0.29, 0.717) is 0 Å². The van der Waals surface area contributed by atoms with Gasteiger partial charge in [0.1, 0.15) is 5.52 Å². The van der Waals surface area contributed by atoms with Crippen molar-refractivity contribution in [3.63, 3.8) is 0 Å². The SMILES string of the molecule is Cc1ccc2c(c1)c1nc(C3=CCCC=C3)nc(-c3ccccc3)c1n2-c1ccccc1. The highest BCUT2D eigenvalue weighted by molar-refractivity contribution is 6.11. The number of hydrogen-bond acceptors (Lipinski definition) is 2. The van der Waals surface area contributed by atoms with Crippen LogP contribution in [0.15, 0.2) is 97.1 Å². The van der Waals surface area contributed by atoms with Crippen LogP contribution in [0.5, 0.6) is 0 Å². The molecule has 1 aliphatic carbocycles. The summed E-state index contributed by atoms with van der Waals surface area (Å²) in [4.78, 5) is 10.3. The summed E-state index contributed by atoms with van der Waals surface area (Å²) in [6.45, 7) is 2.14. The monoisotopic (exact) mass is 413 g/mol. The predicted molar refractivity (Wildman–Crippen MR) is 133 cm³/mol. The zero-order chi connectivity index (χ0) is 21.5. The van der Waals surface area contributed by atoms with Crippen molar-refractivity contribution in [2.75, 3.05) is 0 Å². The van der Waals surface area contributed by atoms with Crippen LogP contribution in [-0.2, 0) is 0 Å². The summed E-state index contributed by atoms with van der Waals surface area (Å²) in [6, 6.07) is 27.6. The maximum atomic E-state index is 5.15. The third-order valence-corrected chi connectivity index (χ3v) is 6.07. The summed E-state index contributed by atoms with van der Waals surface area (Å²) in [5.74, 6) is 0.793. The molecule has 0 N–H and O–H groups in total. The number of hydrogen-bond donors (Lipinski definition) is 0. The standard InChI is InChI=1S/C29H23N3/c1-20-17-18-25-24(19-20)27-28(32(25)23-15-9-4-10-16-23)26(21-11-5-2-6-12-21)30-29(31-27)22-13-7-3-8-14-22/h2,4-7,9-19H,3,8H2,1H3. The van der Waals surface area contributed by atoms with Crippen molar-refractivity contribution < 1.29 is 0 Å². The molecule has 3 heteroatoms. The molecule has 0 aliphatic heterocycles. The Balaban J connectivity index is 1.80. The van der Waals surface area contributed by atoms with Gasteiger partial charge >= 0.3 is 0 Å². The molecule has 0 unspecified atom stereocenters. The topological polar surface area (TPSA) is 30.7 Å². The minimum absolute atomic E-state index is 0.793. The van der Waals surface area contributed by atoms with Gasteiger partial charge in [0.05, 0.1) is 16.7 Å². The predicted octanol–water partition coefficient (Wildman–Crippen LogP) is 7.28. The number of aromatic nitrogens is 3. The Bertz CT molecular complexity index is 1510. The lowest BCUT2D eigenvalue weighted by molar-refractivity contribution is 1.03. The minimum atomic E-state index is 0.793. The molecule has 0 atom stereocenters. The van der Waals surface area contributed by atoms with E-state index in [-0.39, 0.29) is 0 Å². The zero-order valence-corrected chi connectivity index (χ0v) is 18.0. The number of fused-ring (bicyclic) bond motifs is 3. The van der Waals surface area contributed by atoms with Gasteiger partial charge in [0, 0.05) is 22.2 Å². The van der Waals surface area contributed by atoms with Crippen molar-refractivity contribution in [2.24, 2.45) is 0 Å². The molecule has 0 amide bonds. The fraction of sp³-hybridized carbons (Fsp3) is 0.103. The van der Waals surface area contributed by atoms with Crippen LogP contribution in [0.25, 0.3) is 44.5 Å². The Labute approximate surface area is 187 Å². The smallest absolute Gasteiger partial charge is 0.160 e. The van der Waals surface area contributed by atoms with Crippen LogP contribution >= 0.6 is 0 Å². The highest BCUT2D eigenvalue weighted by Gasteiger charge is 2.21. The first kappa shape index (κ1) is 18.8. The highest BCUT2D eigenvalue weighted by Crippen LogP contribution is 2.37. The van der Waals surface area contributed by atoms with Gasteiger partial charge in [-0.25, -0.2) is 9.97 Å². The fourth-order valence-corrected chi connectivity index (χ4v) is 4.56. The first-order valence-corrected chi connectivity index (χ1v) is 11.1. The van der Waals surface area contributed by atoms with Gasteiger partial charge in [-0.15, -0.1) is 0 Å². The highest BCUT2D eigenvalue weighted by atomic mass is 15.0. The van der Waals surface area contributed by atoms with E-state index in [1.807, 2.05) is 6.07 Å². The third-order valence-electron chi connectivity index (χ3n) is 6.07. The average Bonchev–Trinajstić information content (AvgIpc) is 3.18. The summed E-state index contributed by atoms with van der Waals surface area (Å²) >= 11 is 0. The number of benzene rings is 3. The van der Waals surface area contributed by atoms with E-state index in [1.54, 1.807) is 0 Å². The molecule has 2 heterocycles. The Morgan fingerprint density at radius 1 is 0.812 bits per heavy atom. The number of rotatable bonds is 3. The summed E-state index contributed by atoms with van der Waals surface area (Å²) in [5.41, 5.74) is 8.69. The minimum Gasteiger partial charge on any atom is -0.306 e. The number of para-hydroxylation sites is 1. The zero-order valence-electron chi connectivity index (χ0n) is 18.0. The van der Waals surface area contributed by atoms with Crippen molar-refractivity contribution in [2.45, 2.75) is 19.8 Å². The maximum absolute atomic E-state index is 5.15. The van der Waals surface area contributed by atoms with Gasteiger partial charge in [-0.05, 0) is 44.0 Å². The van der Waals surface area contributed by atoms with Crippen LogP contribution < -0.4 is 0 Å². The van der Waals surface area contributed by atoms with E-state index in [2.05, 4.69) is 103 Å². The molecule has 6 rings (SSSR count). The lowest BCUT2D eigenvalue weighted by Gasteiger charge is -2.13. The molecule has 1 aliphatic rings. The van der Waals surface area contributed by atoms with Crippen molar-refractivity contribution in [3.05, 3.63) is 108 Å². The van der Waals surface area contributed by atoms with E-state index in [9.17, 15) is 0 Å². The van der Waals surface area contributed by atoms with Gasteiger partial charge in [-0.2, -0.15) is 0 Å². The van der Waals surface area contributed by atoms with Gasteiger partial charge in [-0.3, -0.25) is 0 Å². The molecule has 0 saturated carbocycles. The normalized spacial score (nSPS) is 13.6.